The lowest BCUT2D eigenvalue weighted by molar-refractivity contribution is 0.273. The van der Waals surface area contributed by atoms with Crippen LogP contribution in [0.4, 0.5) is 17.6 Å². The minimum Gasteiger partial charge on any atom is -0.383 e. The topological polar surface area (TPSA) is 93.1 Å². The van der Waals surface area contributed by atoms with Crippen molar-refractivity contribution in [2.75, 3.05) is 36.9 Å². The molecule has 6 nitrogen and oxygen atoms in total. The molecule has 0 aliphatic rings. The first kappa shape index (κ1) is 13.5. The van der Waals surface area contributed by atoms with Crippen LogP contribution in [0.2, 0.25) is 0 Å². The van der Waals surface area contributed by atoms with Crippen LogP contribution < -0.4 is 16.8 Å². The van der Waals surface area contributed by atoms with E-state index in [0.717, 1.165) is 19.5 Å². The number of nitrogen functional groups attached to an aromatic ring is 2. The predicted molar refractivity (Wildman–Crippen MR) is 71.7 cm³/mol. The van der Waals surface area contributed by atoms with E-state index in [2.05, 4.69) is 41.1 Å². The molecule has 0 atom stereocenters. The zero-order chi connectivity index (χ0) is 12.8. The maximum atomic E-state index is 5.57. The molecule has 0 saturated carbocycles. The van der Waals surface area contributed by atoms with E-state index in [4.69, 9.17) is 11.5 Å². The summed E-state index contributed by atoms with van der Waals surface area (Å²) in [4.78, 5) is 10.2. The van der Waals surface area contributed by atoms with E-state index in [1.807, 2.05) is 0 Å². The fourth-order valence-electron chi connectivity index (χ4n) is 1.38. The second kappa shape index (κ2) is 6.24. The molecule has 0 unspecified atom stereocenters. The first-order chi connectivity index (χ1) is 7.99. The number of rotatable bonds is 6. The van der Waals surface area contributed by atoms with Gasteiger partial charge in [0.15, 0.2) is 0 Å². The maximum absolute atomic E-state index is 5.57. The normalized spacial score (nSPS) is 11.1. The molecule has 0 spiro atoms. The summed E-state index contributed by atoms with van der Waals surface area (Å²) in [5.74, 6) is 1.27. The van der Waals surface area contributed by atoms with E-state index in [1.165, 1.54) is 0 Å². The molecule has 1 rings (SSSR count). The molecular formula is C11H22N6. The summed E-state index contributed by atoms with van der Waals surface area (Å²) in [5, 5.41) is 3.18. The summed E-state index contributed by atoms with van der Waals surface area (Å²) in [7, 11) is 2.12. The van der Waals surface area contributed by atoms with Gasteiger partial charge in [-0.1, -0.05) is 0 Å². The molecule has 0 radical (unpaired) electrons. The van der Waals surface area contributed by atoms with E-state index in [1.54, 1.807) is 6.07 Å². The highest BCUT2D eigenvalue weighted by Crippen LogP contribution is 2.09. The third kappa shape index (κ3) is 4.86. The molecule has 1 heterocycles. The Kier molecular flexibility index (Phi) is 4.96. The van der Waals surface area contributed by atoms with E-state index in [9.17, 15) is 0 Å². The number of hydrogen-bond donors (Lipinski definition) is 3. The molecule has 0 fully saturated rings. The van der Waals surface area contributed by atoms with Crippen molar-refractivity contribution in [1.29, 1.82) is 0 Å². The lowest BCUT2D eigenvalue weighted by atomic mass is 10.3. The first-order valence-corrected chi connectivity index (χ1v) is 5.83. The molecule has 1 aromatic rings. The number of nitrogens with zero attached hydrogens (tertiary/aromatic N) is 3. The minimum absolute atomic E-state index is 0.201. The Bertz CT molecular complexity index is 332. The highest BCUT2D eigenvalue weighted by Gasteiger charge is 2.02. The summed E-state index contributed by atoms with van der Waals surface area (Å²) >= 11 is 0. The van der Waals surface area contributed by atoms with Crippen molar-refractivity contribution in [2.24, 2.45) is 0 Å². The van der Waals surface area contributed by atoms with Crippen LogP contribution >= 0.6 is 0 Å². The fourth-order valence-corrected chi connectivity index (χ4v) is 1.38. The molecule has 0 aromatic carbocycles. The number of nitrogens with two attached hydrogens (primary N) is 2. The third-order valence-corrected chi connectivity index (χ3v) is 2.64. The first-order valence-electron chi connectivity index (χ1n) is 5.83. The molecule has 96 valence electrons. The molecule has 0 bridgehead atoms. The molecule has 0 saturated heterocycles. The summed E-state index contributed by atoms with van der Waals surface area (Å²) in [6.45, 7) is 6.24. The second-order valence-corrected chi connectivity index (χ2v) is 4.39. The maximum Gasteiger partial charge on any atom is 0.223 e. The quantitative estimate of drug-likeness (QED) is 0.634. The summed E-state index contributed by atoms with van der Waals surface area (Å²) in [6, 6.07) is 2.25. The van der Waals surface area contributed by atoms with E-state index >= 15 is 0 Å². The van der Waals surface area contributed by atoms with E-state index in [0.29, 0.717) is 17.7 Å². The summed E-state index contributed by atoms with van der Waals surface area (Å²) in [6.07, 6.45) is 1.04. The Hall–Kier alpha value is -1.56. The molecule has 5 N–H and O–H groups in total. The second-order valence-electron chi connectivity index (χ2n) is 4.39. The van der Waals surface area contributed by atoms with Crippen molar-refractivity contribution in [3.8, 4) is 0 Å². The van der Waals surface area contributed by atoms with Crippen molar-refractivity contribution in [3.05, 3.63) is 6.07 Å². The average Bonchev–Trinajstić information content (AvgIpc) is 2.22. The minimum atomic E-state index is 0.201. The van der Waals surface area contributed by atoms with Crippen LogP contribution in [0.15, 0.2) is 6.07 Å². The van der Waals surface area contributed by atoms with Gasteiger partial charge >= 0.3 is 0 Å². The van der Waals surface area contributed by atoms with Crippen molar-refractivity contribution in [2.45, 2.75) is 26.3 Å². The van der Waals surface area contributed by atoms with Gasteiger partial charge in [0.2, 0.25) is 5.95 Å². The molecule has 17 heavy (non-hydrogen) atoms. The lowest BCUT2D eigenvalue weighted by Crippen LogP contribution is -2.28. The van der Waals surface area contributed by atoms with Crippen molar-refractivity contribution in [3.63, 3.8) is 0 Å². The standard InChI is InChI=1S/C11H22N6/c1-8(2)17(3)6-4-5-14-10-7-9(12)15-11(13)16-10/h7-8H,4-6H2,1-3H3,(H5,12,13,14,15,16). The van der Waals surface area contributed by atoms with Gasteiger partial charge in [-0.05, 0) is 33.9 Å². The number of aromatic nitrogens is 2. The van der Waals surface area contributed by atoms with Crippen LogP contribution in [0.3, 0.4) is 0 Å². The van der Waals surface area contributed by atoms with Gasteiger partial charge in [-0.15, -0.1) is 0 Å². The number of anilines is 3. The van der Waals surface area contributed by atoms with Crippen LogP contribution in [0, 0.1) is 0 Å². The van der Waals surface area contributed by atoms with Crippen molar-refractivity contribution < 1.29 is 0 Å². The van der Waals surface area contributed by atoms with Gasteiger partial charge in [-0.2, -0.15) is 9.97 Å². The zero-order valence-electron chi connectivity index (χ0n) is 10.8. The van der Waals surface area contributed by atoms with Gasteiger partial charge in [0.05, 0.1) is 0 Å². The van der Waals surface area contributed by atoms with Crippen molar-refractivity contribution >= 4 is 17.6 Å². The number of hydrogen-bond acceptors (Lipinski definition) is 6. The van der Waals surface area contributed by atoms with Crippen LogP contribution in [-0.2, 0) is 0 Å². The Morgan fingerprint density at radius 1 is 1.35 bits per heavy atom. The van der Waals surface area contributed by atoms with Crippen LogP contribution in [0.5, 0.6) is 0 Å². The highest BCUT2D eigenvalue weighted by molar-refractivity contribution is 5.48. The average molecular weight is 238 g/mol. The van der Waals surface area contributed by atoms with Gasteiger partial charge in [-0.3, -0.25) is 0 Å². The smallest absolute Gasteiger partial charge is 0.223 e. The van der Waals surface area contributed by atoms with Gasteiger partial charge in [0, 0.05) is 18.7 Å². The van der Waals surface area contributed by atoms with Gasteiger partial charge in [-0.25, -0.2) is 0 Å². The molecular weight excluding hydrogens is 216 g/mol. The molecule has 0 aliphatic heterocycles. The molecule has 6 heteroatoms. The van der Waals surface area contributed by atoms with Crippen LogP contribution in [0.25, 0.3) is 0 Å². The van der Waals surface area contributed by atoms with Crippen LogP contribution in [-0.4, -0.2) is 41.0 Å². The molecule has 1 aromatic heterocycles. The van der Waals surface area contributed by atoms with Crippen molar-refractivity contribution in [1.82, 2.24) is 14.9 Å². The summed E-state index contributed by atoms with van der Waals surface area (Å²) < 4.78 is 0. The Labute approximate surface area is 102 Å². The van der Waals surface area contributed by atoms with E-state index in [-0.39, 0.29) is 5.95 Å². The van der Waals surface area contributed by atoms with E-state index < -0.39 is 0 Å². The molecule has 0 amide bonds. The van der Waals surface area contributed by atoms with Gasteiger partial charge < -0.3 is 21.7 Å². The van der Waals surface area contributed by atoms with Gasteiger partial charge in [0.25, 0.3) is 0 Å². The highest BCUT2D eigenvalue weighted by atomic mass is 15.1. The monoisotopic (exact) mass is 238 g/mol. The predicted octanol–water partition coefficient (Wildman–Crippen LogP) is 0.783. The number of nitrogens with one attached hydrogen (secondary N) is 1. The molecule has 0 aliphatic carbocycles. The lowest BCUT2D eigenvalue weighted by Gasteiger charge is -2.20. The Morgan fingerprint density at radius 2 is 2.06 bits per heavy atom. The third-order valence-electron chi connectivity index (χ3n) is 2.64. The fraction of sp³-hybridized carbons (Fsp3) is 0.636. The zero-order valence-corrected chi connectivity index (χ0v) is 10.8. The van der Waals surface area contributed by atoms with Gasteiger partial charge in [0.1, 0.15) is 11.6 Å². The Morgan fingerprint density at radius 3 is 2.65 bits per heavy atom. The summed E-state index contributed by atoms with van der Waals surface area (Å²) in [5.41, 5.74) is 11.1. The Balaban J connectivity index is 2.31. The largest absolute Gasteiger partial charge is 0.383 e. The SMILES string of the molecule is CC(C)N(C)CCCNc1cc(N)nc(N)n1. The van der Waals surface area contributed by atoms with Crippen LogP contribution in [0.1, 0.15) is 20.3 Å².